The molecule has 0 heterocycles. The molecule has 0 radical (unpaired) electrons. The summed E-state index contributed by atoms with van der Waals surface area (Å²) in [4.78, 5) is 0. The van der Waals surface area contributed by atoms with E-state index in [2.05, 4.69) is 5.32 Å². The van der Waals surface area contributed by atoms with E-state index in [0.717, 1.165) is 11.1 Å². The number of rotatable bonds is 6. The van der Waals surface area contributed by atoms with Gasteiger partial charge in [-0.3, -0.25) is 0 Å². The highest BCUT2D eigenvalue weighted by Crippen LogP contribution is 2.24. The summed E-state index contributed by atoms with van der Waals surface area (Å²) in [6, 6.07) is 6.22. The maximum atomic E-state index is 12.1. The number of ether oxygens (including phenoxy) is 1. The quantitative estimate of drug-likeness (QED) is 0.826. The number of nitrogens with one attached hydrogen (secondary N) is 1. The molecule has 1 aromatic rings. The lowest BCUT2D eigenvalue weighted by atomic mass is 10.1. The zero-order valence-corrected chi connectivity index (χ0v) is 9.88. The minimum absolute atomic E-state index is 0.542. The van der Waals surface area contributed by atoms with Gasteiger partial charge in [-0.1, -0.05) is 17.7 Å². The van der Waals surface area contributed by atoms with Gasteiger partial charge in [-0.15, -0.1) is 0 Å². The maximum absolute atomic E-state index is 12.1. The van der Waals surface area contributed by atoms with Crippen LogP contribution in [0.25, 0.3) is 0 Å². The highest BCUT2D eigenvalue weighted by Gasteiger charge is 2.20. The van der Waals surface area contributed by atoms with Gasteiger partial charge in [-0.05, 0) is 25.8 Å². The second-order valence-electron chi connectivity index (χ2n) is 4.47. The predicted molar refractivity (Wildman–Crippen MR) is 62.5 cm³/mol. The number of alkyl halides is 2. The van der Waals surface area contributed by atoms with Gasteiger partial charge in [0.1, 0.15) is 12.4 Å². The highest BCUT2D eigenvalue weighted by atomic mass is 19.3. The Bertz CT molecular complexity index is 378. The summed E-state index contributed by atoms with van der Waals surface area (Å²) < 4.78 is 29.3. The molecule has 1 aromatic carbocycles. The summed E-state index contributed by atoms with van der Waals surface area (Å²) in [6.07, 6.45) is -0.0153. The van der Waals surface area contributed by atoms with Crippen LogP contribution in [0.1, 0.15) is 24.0 Å². The van der Waals surface area contributed by atoms with Crippen molar-refractivity contribution >= 4 is 0 Å². The van der Waals surface area contributed by atoms with E-state index in [9.17, 15) is 8.78 Å². The van der Waals surface area contributed by atoms with Crippen LogP contribution in [0.5, 0.6) is 5.75 Å². The van der Waals surface area contributed by atoms with Crippen LogP contribution in [0.3, 0.4) is 0 Å². The van der Waals surface area contributed by atoms with Crippen molar-refractivity contribution in [3.05, 3.63) is 29.3 Å². The molecule has 0 unspecified atom stereocenters. The minimum Gasteiger partial charge on any atom is -0.487 e. The molecule has 0 aliphatic heterocycles. The van der Waals surface area contributed by atoms with Crippen LogP contribution >= 0.6 is 0 Å². The lowest BCUT2D eigenvalue weighted by Gasteiger charge is -2.12. The number of hydrogen-bond acceptors (Lipinski definition) is 2. The first kappa shape index (κ1) is 12.3. The first-order valence-corrected chi connectivity index (χ1v) is 5.89. The number of halogens is 2. The summed E-state index contributed by atoms with van der Waals surface area (Å²) in [5, 5.41) is 3.36. The van der Waals surface area contributed by atoms with Gasteiger partial charge in [0.25, 0.3) is 6.43 Å². The SMILES string of the molecule is Cc1ccc(OCC(F)F)c(CNC2CC2)c1. The van der Waals surface area contributed by atoms with Crippen LogP contribution in [0.15, 0.2) is 18.2 Å². The minimum atomic E-state index is -2.43. The topological polar surface area (TPSA) is 21.3 Å². The van der Waals surface area contributed by atoms with Crippen molar-refractivity contribution in [2.45, 2.75) is 38.8 Å². The third-order valence-corrected chi connectivity index (χ3v) is 2.74. The maximum Gasteiger partial charge on any atom is 0.272 e. The third kappa shape index (κ3) is 3.97. The van der Waals surface area contributed by atoms with E-state index in [-0.39, 0.29) is 0 Å². The van der Waals surface area contributed by atoms with Crippen molar-refractivity contribution in [1.82, 2.24) is 5.32 Å². The van der Waals surface area contributed by atoms with Crippen LogP contribution in [-0.2, 0) is 6.54 Å². The molecule has 1 aliphatic carbocycles. The largest absolute Gasteiger partial charge is 0.487 e. The van der Waals surface area contributed by atoms with E-state index in [1.165, 1.54) is 12.8 Å². The highest BCUT2D eigenvalue weighted by molar-refractivity contribution is 5.37. The first-order chi connectivity index (χ1) is 8.15. The molecule has 0 amide bonds. The van der Waals surface area contributed by atoms with Gasteiger partial charge in [0.2, 0.25) is 0 Å². The molecule has 0 saturated heterocycles. The Labute approximate surface area is 100.0 Å². The molecule has 2 nitrogen and oxygen atoms in total. The van der Waals surface area contributed by atoms with Crippen LogP contribution < -0.4 is 10.1 Å². The van der Waals surface area contributed by atoms with Gasteiger partial charge in [0.15, 0.2) is 0 Å². The normalized spacial score (nSPS) is 15.3. The molecular formula is C13H17F2NO. The molecule has 94 valence electrons. The standard InChI is InChI=1S/C13H17F2NO/c1-9-2-5-12(17-8-13(14)15)10(6-9)7-16-11-3-4-11/h2,5-6,11,13,16H,3-4,7-8H2,1H3. The van der Waals surface area contributed by atoms with E-state index in [0.29, 0.717) is 18.3 Å². The Morgan fingerprint density at radius 2 is 2.18 bits per heavy atom. The second kappa shape index (κ2) is 5.45. The summed E-state index contributed by atoms with van der Waals surface area (Å²) >= 11 is 0. The van der Waals surface area contributed by atoms with Crippen molar-refractivity contribution in [3.8, 4) is 5.75 Å². The van der Waals surface area contributed by atoms with Crippen LogP contribution in [-0.4, -0.2) is 19.1 Å². The van der Waals surface area contributed by atoms with E-state index in [1.54, 1.807) is 6.07 Å². The second-order valence-corrected chi connectivity index (χ2v) is 4.47. The molecule has 17 heavy (non-hydrogen) atoms. The van der Waals surface area contributed by atoms with E-state index >= 15 is 0 Å². The van der Waals surface area contributed by atoms with Crippen molar-refractivity contribution < 1.29 is 13.5 Å². The fourth-order valence-corrected chi connectivity index (χ4v) is 1.68. The van der Waals surface area contributed by atoms with E-state index < -0.39 is 13.0 Å². The zero-order valence-electron chi connectivity index (χ0n) is 9.88. The van der Waals surface area contributed by atoms with Gasteiger partial charge in [-0.2, -0.15) is 0 Å². The summed E-state index contributed by atoms with van der Waals surface area (Å²) in [7, 11) is 0. The lowest BCUT2D eigenvalue weighted by Crippen LogP contribution is -2.17. The first-order valence-electron chi connectivity index (χ1n) is 5.89. The molecule has 4 heteroatoms. The summed E-state index contributed by atoms with van der Waals surface area (Å²) in [5.41, 5.74) is 2.07. The summed E-state index contributed by atoms with van der Waals surface area (Å²) in [5.74, 6) is 0.559. The van der Waals surface area contributed by atoms with Gasteiger partial charge < -0.3 is 10.1 Å². The van der Waals surface area contributed by atoms with Crippen LogP contribution in [0, 0.1) is 6.92 Å². The molecule has 0 bridgehead atoms. The lowest BCUT2D eigenvalue weighted by molar-refractivity contribution is 0.0813. The smallest absolute Gasteiger partial charge is 0.272 e. The molecule has 1 saturated carbocycles. The number of benzene rings is 1. The Kier molecular flexibility index (Phi) is 3.94. The number of hydrogen-bond donors (Lipinski definition) is 1. The fraction of sp³-hybridized carbons (Fsp3) is 0.538. The molecule has 0 spiro atoms. The Morgan fingerprint density at radius 3 is 2.82 bits per heavy atom. The predicted octanol–water partition coefficient (Wildman–Crippen LogP) is 2.89. The van der Waals surface area contributed by atoms with Gasteiger partial charge in [-0.25, -0.2) is 8.78 Å². The van der Waals surface area contributed by atoms with Crippen molar-refractivity contribution in [2.24, 2.45) is 0 Å². The number of aryl methyl sites for hydroxylation is 1. The van der Waals surface area contributed by atoms with Gasteiger partial charge in [0.05, 0.1) is 0 Å². The molecule has 1 N–H and O–H groups in total. The Morgan fingerprint density at radius 1 is 1.41 bits per heavy atom. The fourth-order valence-electron chi connectivity index (χ4n) is 1.68. The van der Waals surface area contributed by atoms with E-state index in [1.807, 2.05) is 19.1 Å². The van der Waals surface area contributed by atoms with Crippen LogP contribution in [0.4, 0.5) is 8.78 Å². The van der Waals surface area contributed by atoms with Gasteiger partial charge in [0, 0.05) is 18.2 Å². The Balaban J connectivity index is 2.00. The van der Waals surface area contributed by atoms with Gasteiger partial charge >= 0.3 is 0 Å². The van der Waals surface area contributed by atoms with Crippen molar-refractivity contribution in [2.75, 3.05) is 6.61 Å². The molecule has 0 aromatic heterocycles. The van der Waals surface area contributed by atoms with Crippen molar-refractivity contribution in [1.29, 1.82) is 0 Å². The third-order valence-electron chi connectivity index (χ3n) is 2.74. The van der Waals surface area contributed by atoms with Crippen molar-refractivity contribution in [3.63, 3.8) is 0 Å². The molecule has 1 aliphatic rings. The average molecular weight is 241 g/mol. The molecule has 2 rings (SSSR count). The molecule has 1 fully saturated rings. The average Bonchev–Trinajstić information content (AvgIpc) is 3.08. The Hall–Kier alpha value is -1.16. The van der Waals surface area contributed by atoms with Crippen LogP contribution in [0.2, 0.25) is 0 Å². The zero-order chi connectivity index (χ0) is 12.3. The molecular weight excluding hydrogens is 224 g/mol. The summed E-state index contributed by atoms with van der Waals surface area (Å²) in [6.45, 7) is 2.13. The molecule has 0 atom stereocenters. The monoisotopic (exact) mass is 241 g/mol. The van der Waals surface area contributed by atoms with E-state index in [4.69, 9.17) is 4.74 Å².